The largest absolute Gasteiger partial charge is 0.381 e. The number of hydrogen-bond donors (Lipinski definition) is 2. The van der Waals surface area contributed by atoms with Crippen molar-refractivity contribution in [2.45, 2.75) is 102 Å². The van der Waals surface area contributed by atoms with Crippen LogP contribution < -0.4 is 5.48 Å². The Morgan fingerprint density at radius 3 is 2.31 bits per heavy atom. The van der Waals surface area contributed by atoms with Crippen molar-refractivity contribution in [2.75, 3.05) is 39.9 Å². The number of nitrogens with zero attached hydrogens (tertiary/aromatic N) is 2. The lowest BCUT2D eigenvalue weighted by Gasteiger charge is -2.37. The molecule has 2 atom stereocenters. The van der Waals surface area contributed by atoms with E-state index in [1.165, 1.54) is 57.8 Å². The molecule has 2 aliphatic heterocycles. The van der Waals surface area contributed by atoms with E-state index in [-0.39, 0.29) is 5.91 Å². The predicted molar refractivity (Wildman–Crippen MR) is 139 cm³/mol. The molecule has 0 aromatic rings. The Bertz CT molecular complexity index is 665. The van der Waals surface area contributed by atoms with Gasteiger partial charge in [0.15, 0.2) is 0 Å². The number of amides is 2. The molecule has 35 heavy (non-hydrogen) atoms. The highest BCUT2D eigenvalue weighted by Gasteiger charge is 2.48. The van der Waals surface area contributed by atoms with Gasteiger partial charge in [0, 0.05) is 46.8 Å². The smallest absolute Gasteiger partial charge is 0.263 e. The summed E-state index contributed by atoms with van der Waals surface area (Å²) in [5.74, 6) is 1.13. The van der Waals surface area contributed by atoms with E-state index in [1.54, 1.807) is 12.4 Å². The summed E-state index contributed by atoms with van der Waals surface area (Å²) < 4.78 is 19.4. The van der Waals surface area contributed by atoms with E-state index in [9.17, 15) is 13.8 Å². The second kappa shape index (κ2) is 15.9. The van der Waals surface area contributed by atoms with Gasteiger partial charge in [-0.3, -0.25) is 14.8 Å². The van der Waals surface area contributed by atoms with Crippen molar-refractivity contribution < 1.29 is 23.7 Å². The standard InChI is InChI=1S/C16H30N2O4S.C10H19NO/c1-2-3-5-14-6-4-10-18(11-7-14)23(21)16(15(19)17-20)8-12-22-13-9-16;1-9(12)11(2)8-10-6-4-3-5-7-10/h14,20H,2-13H2,1H3,(H,17,19);10H,3-8H2,1-2H3. The van der Waals surface area contributed by atoms with E-state index in [2.05, 4.69) is 6.92 Å². The number of carbonyl (C=O) groups excluding carboxylic acids is 2. The molecule has 2 saturated heterocycles. The fourth-order valence-corrected chi connectivity index (χ4v) is 7.28. The lowest BCUT2D eigenvalue weighted by atomic mass is 9.89. The van der Waals surface area contributed by atoms with Crippen molar-refractivity contribution >= 4 is 22.8 Å². The van der Waals surface area contributed by atoms with Gasteiger partial charge >= 0.3 is 0 Å². The molecular weight excluding hydrogens is 466 g/mol. The van der Waals surface area contributed by atoms with E-state index in [1.807, 2.05) is 16.3 Å². The van der Waals surface area contributed by atoms with Gasteiger partial charge in [0.25, 0.3) is 5.91 Å². The summed E-state index contributed by atoms with van der Waals surface area (Å²) >= 11 is 0. The van der Waals surface area contributed by atoms with Crippen LogP contribution in [0.4, 0.5) is 0 Å². The van der Waals surface area contributed by atoms with Gasteiger partial charge in [-0.1, -0.05) is 45.4 Å². The lowest BCUT2D eigenvalue weighted by Crippen LogP contribution is -2.56. The molecule has 0 bridgehead atoms. The third kappa shape index (κ3) is 9.41. The first-order valence-electron chi connectivity index (χ1n) is 13.7. The van der Waals surface area contributed by atoms with Gasteiger partial charge in [-0.2, -0.15) is 0 Å². The molecule has 0 radical (unpaired) electrons. The van der Waals surface area contributed by atoms with Crippen LogP contribution in [-0.4, -0.2) is 75.1 Å². The summed E-state index contributed by atoms with van der Waals surface area (Å²) in [6.07, 6.45) is 14.5. The van der Waals surface area contributed by atoms with Gasteiger partial charge < -0.3 is 9.64 Å². The zero-order valence-corrected chi connectivity index (χ0v) is 23.1. The molecule has 3 rings (SSSR count). The van der Waals surface area contributed by atoms with Gasteiger partial charge in [-0.15, -0.1) is 0 Å². The molecule has 3 aliphatic rings. The molecule has 0 aromatic heterocycles. The minimum absolute atomic E-state index is 0.195. The van der Waals surface area contributed by atoms with Gasteiger partial charge in [-0.05, 0) is 56.8 Å². The van der Waals surface area contributed by atoms with Gasteiger partial charge in [-0.25, -0.2) is 14.0 Å². The molecule has 0 spiro atoms. The van der Waals surface area contributed by atoms with Crippen molar-refractivity contribution in [3.8, 4) is 0 Å². The summed E-state index contributed by atoms with van der Waals surface area (Å²) in [6.45, 7) is 7.16. The second-order valence-corrected chi connectivity index (χ2v) is 12.4. The van der Waals surface area contributed by atoms with Crippen LogP contribution in [0.5, 0.6) is 0 Å². The number of rotatable bonds is 8. The van der Waals surface area contributed by atoms with Gasteiger partial charge in [0.05, 0.1) is 0 Å². The molecular formula is C26H49N3O5S. The maximum Gasteiger partial charge on any atom is 0.263 e. The van der Waals surface area contributed by atoms with Crippen LogP contribution in [0.3, 0.4) is 0 Å². The van der Waals surface area contributed by atoms with Gasteiger partial charge in [0.2, 0.25) is 5.91 Å². The fraction of sp³-hybridized carbons (Fsp3) is 0.923. The highest BCUT2D eigenvalue weighted by Crippen LogP contribution is 2.32. The van der Waals surface area contributed by atoms with Crippen LogP contribution in [-0.2, 0) is 25.3 Å². The number of unbranched alkanes of at least 4 members (excludes halogenated alkanes) is 1. The van der Waals surface area contributed by atoms with E-state index in [0.29, 0.717) is 32.0 Å². The van der Waals surface area contributed by atoms with Crippen molar-refractivity contribution in [3.05, 3.63) is 0 Å². The molecule has 1 saturated carbocycles. The Kier molecular flexibility index (Phi) is 13.8. The first-order valence-corrected chi connectivity index (χ1v) is 14.9. The molecule has 2 amide bonds. The Morgan fingerprint density at radius 1 is 1.06 bits per heavy atom. The molecule has 2 heterocycles. The summed E-state index contributed by atoms with van der Waals surface area (Å²) in [7, 11) is 0.468. The normalized spacial score (nSPS) is 24.4. The minimum Gasteiger partial charge on any atom is -0.381 e. The molecule has 9 heteroatoms. The lowest BCUT2D eigenvalue weighted by molar-refractivity contribution is -0.134. The van der Waals surface area contributed by atoms with E-state index < -0.39 is 21.6 Å². The molecule has 8 nitrogen and oxygen atoms in total. The fourth-order valence-electron chi connectivity index (χ4n) is 5.50. The zero-order chi connectivity index (χ0) is 25.7. The van der Waals surface area contributed by atoms with Crippen LogP contribution in [0.15, 0.2) is 0 Å². The number of hydroxylamine groups is 1. The third-order valence-electron chi connectivity index (χ3n) is 7.95. The second-order valence-electron chi connectivity index (χ2n) is 10.6. The molecule has 0 aromatic carbocycles. The van der Waals surface area contributed by atoms with E-state index in [4.69, 9.17) is 9.94 Å². The zero-order valence-electron chi connectivity index (χ0n) is 22.3. The average molecular weight is 516 g/mol. The minimum atomic E-state index is -1.43. The van der Waals surface area contributed by atoms with Crippen molar-refractivity contribution in [2.24, 2.45) is 11.8 Å². The van der Waals surface area contributed by atoms with Crippen LogP contribution in [0, 0.1) is 11.8 Å². The van der Waals surface area contributed by atoms with Crippen molar-refractivity contribution in [1.29, 1.82) is 0 Å². The predicted octanol–water partition coefficient (Wildman–Crippen LogP) is 4.04. The number of carbonyl (C=O) groups is 2. The summed E-state index contributed by atoms with van der Waals surface area (Å²) in [5, 5.41) is 9.10. The van der Waals surface area contributed by atoms with Crippen molar-refractivity contribution in [3.63, 3.8) is 0 Å². The van der Waals surface area contributed by atoms with Crippen molar-refractivity contribution in [1.82, 2.24) is 14.7 Å². The van der Waals surface area contributed by atoms with Crippen LogP contribution in [0.2, 0.25) is 0 Å². The number of hydrogen-bond acceptors (Lipinski definition) is 5. The highest BCUT2D eigenvalue weighted by atomic mass is 32.2. The van der Waals surface area contributed by atoms with E-state index >= 15 is 0 Å². The third-order valence-corrected chi connectivity index (χ3v) is 10.0. The first-order chi connectivity index (χ1) is 16.8. The molecule has 1 aliphatic carbocycles. The van der Waals surface area contributed by atoms with Crippen LogP contribution >= 0.6 is 0 Å². The maximum atomic E-state index is 13.2. The molecule has 204 valence electrons. The Morgan fingerprint density at radius 2 is 1.71 bits per heavy atom. The number of nitrogens with one attached hydrogen (secondary N) is 1. The first kappa shape index (κ1) is 30.2. The maximum absolute atomic E-state index is 13.2. The average Bonchev–Trinajstić information content (AvgIpc) is 3.13. The molecule has 3 fully saturated rings. The number of ether oxygens (including phenoxy) is 1. The molecule has 2 unspecified atom stereocenters. The quantitative estimate of drug-likeness (QED) is 0.375. The van der Waals surface area contributed by atoms with Gasteiger partial charge in [0.1, 0.15) is 15.7 Å². The Balaban J connectivity index is 0.000000303. The Hall–Kier alpha value is -1.03. The topological polar surface area (TPSA) is 99.2 Å². The van der Waals surface area contributed by atoms with E-state index in [0.717, 1.165) is 38.4 Å². The summed E-state index contributed by atoms with van der Waals surface area (Å²) in [4.78, 5) is 25.0. The highest BCUT2D eigenvalue weighted by molar-refractivity contribution is 7.85. The summed E-state index contributed by atoms with van der Waals surface area (Å²) in [6, 6.07) is 0. The monoisotopic (exact) mass is 515 g/mol. The Labute approximate surface area is 215 Å². The van der Waals surface area contributed by atoms with Crippen LogP contribution in [0.25, 0.3) is 0 Å². The molecule has 2 N–H and O–H groups in total. The SMILES string of the molecule is CC(=O)N(C)CC1CCCCC1.CCCCC1CCCN(S(=O)C2(C(=O)NO)CCOCC2)CC1. The summed E-state index contributed by atoms with van der Waals surface area (Å²) in [5.41, 5.74) is 1.73. The van der Waals surface area contributed by atoms with Crippen LogP contribution in [0.1, 0.15) is 97.3 Å².